The molecule has 0 fully saturated rings. The van der Waals surface area contributed by atoms with Crippen LogP contribution >= 0.6 is 0 Å². The maximum Gasteiger partial charge on any atom is 0.270 e. The van der Waals surface area contributed by atoms with E-state index < -0.39 is 22.6 Å². The highest BCUT2D eigenvalue weighted by atomic mass is 19.1. The van der Waals surface area contributed by atoms with Crippen LogP contribution in [0.5, 0.6) is 0 Å². The van der Waals surface area contributed by atoms with Gasteiger partial charge in [0.05, 0.1) is 22.6 Å². The number of benzene rings is 2. The molecule has 1 aliphatic rings. The molecule has 0 saturated heterocycles. The van der Waals surface area contributed by atoms with Crippen LogP contribution in [-0.4, -0.2) is 36.6 Å². The molecule has 0 bridgehead atoms. The second-order valence-electron chi connectivity index (χ2n) is 6.25. The van der Waals surface area contributed by atoms with E-state index in [2.05, 4.69) is 20.3 Å². The Kier molecular flexibility index (Phi) is 4.50. The number of nitro benzene ring substituents is 1. The largest absolute Gasteiger partial charge is 0.368 e. The van der Waals surface area contributed by atoms with Crippen molar-refractivity contribution in [2.24, 2.45) is 0 Å². The number of carbonyl (C=O) groups excluding carboxylic acids is 2. The van der Waals surface area contributed by atoms with E-state index in [9.17, 15) is 24.1 Å². The molecular formula is C18H12FN7O4. The van der Waals surface area contributed by atoms with Crippen LogP contribution in [0.15, 0.2) is 42.5 Å². The summed E-state index contributed by atoms with van der Waals surface area (Å²) in [6.07, 6.45) is 0. The molecule has 2 amide bonds. The smallest absolute Gasteiger partial charge is 0.270 e. The van der Waals surface area contributed by atoms with Crippen molar-refractivity contribution in [2.45, 2.75) is 6.54 Å². The zero-order valence-corrected chi connectivity index (χ0v) is 15.1. The van der Waals surface area contributed by atoms with Crippen LogP contribution in [0, 0.1) is 15.9 Å². The molecule has 0 atom stereocenters. The fourth-order valence-corrected chi connectivity index (χ4v) is 2.90. The van der Waals surface area contributed by atoms with E-state index in [0.717, 1.165) is 17.0 Å². The second-order valence-corrected chi connectivity index (χ2v) is 6.25. The fourth-order valence-electron chi connectivity index (χ4n) is 2.90. The van der Waals surface area contributed by atoms with E-state index in [-0.39, 0.29) is 41.1 Å². The Balaban J connectivity index is 1.59. The predicted octanol–water partition coefficient (Wildman–Crippen LogP) is 2.04. The number of non-ortho nitro benzene ring substituents is 1. The quantitative estimate of drug-likeness (QED) is 0.365. The Hall–Kier alpha value is -4.48. The molecule has 0 unspecified atom stereocenters. The molecule has 3 aromatic rings. The molecule has 2 aromatic carbocycles. The number of nitro groups is 1. The van der Waals surface area contributed by atoms with Crippen molar-refractivity contribution in [3.63, 3.8) is 0 Å². The van der Waals surface area contributed by atoms with Crippen LogP contribution in [0.3, 0.4) is 0 Å². The van der Waals surface area contributed by atoms with Gasteiger partial charge in [0.25, 0.3) is 17.5 Å². The van der Waals surface area contributed by atoms with Crippen molar-refractivity contribution in [1.82, 2.24) is 19.9 Å². The van der Waals surface area contributed by atoms with E-state index in [1.54, 1.807) is 0 Å². The highest BCUT2D eigenvalue weighted by Crippen LogP contribution is 2.27. The van der Waals surface area contributed by atoms with E-state index >= 15 is 0 Å². The fraction of sp³-hybridized carbons (Fsp3) is 0.0556. The highest BCUT2D eigenvalue weighted by Gasteiger charge is 2.37. The Morgan fingerprint density at radius 1 is 1.03 bits per heavy atom. The number of anilines is 3. The summed E-state index contributed by atoms with van der Waals surface area (Å²) >= 11 is 0. The summed E-state index contributed by atoms with van der Waals surface area (Å²) in [5.74, 6) is -1.84. The molecule has 2 heterocycles. The first-order valence-corrected chi connectivity index (χ1v) is 8.49. The van der Waals surface area contributed by atoms with Crippen LogP contribution in [0.25, 0.3) is 0 Å². The van der Waals surface area contributed by atoms with Gasteiger partial charge < -0.3 is 11.1 Å². The lowest BCUT2D eigenvalue weighted by Gasteiger charge is -2.13. The average molecular weight is 409 g/mol. The average Bonchev–Trinajstić information content (AvgIpc) is 2.94. The molecule has 0 aliphatic carbocycles. The molecule has 0 saturated carbocycles. The van der Waals surface area contributed by atoms with Gasteiger partial charge in [-0.15, -0.1) is 0 Å². The monoisotopic (exact) mass is 409 g/mol. The van der Waals surface area contributed by atoms with Gasteiger partial charge in [0.15, 0.2) is 5.82 Å². The number of nitrogens with one attached hydrogen (secondary N) is 1. The first-order chi connectivity index (χ1) is 14.3. The van der Waals surface area contributed by atoms with E-state index in [0.29, 0.717) is 5.69 Å². The minimum atomic E-state index is -0.703. The SMILES string of the molecule is Nc1nc(CN2C(=O)c3ccc([N+](=O)[O-])cc3C2=O)nc(Nc2ccc(F)cc2)n1. The van der Waals surface area contributed by atoms with E-state index in [1.165, 1.54) is 30.3 Å². The van der Waals surface area contributed by atoms with Crippen LogP contribution in [-0.2, 0) is 6.54 Å². The first kappa shape index (κ1) is 18.9. The van der Waals surface area contributed by atoms with Gasteiger partial charge in [-0.05, 0) is 30.3 Å². The normalized spacial score (nSPS) is 12.8. The number of imide groups is 1. The first-order valence-electron chi connectivity index (χ1n) is 8.49. The Labute approximate surface area is 167 Å². The van der Waals surface area contributed by atoms with Crippen molar-refractivity contribution in [3.8, 4) is 0 Å². The molecule has 0 radical (unpaired) electrons. The number of fused-ring (bicyclic) bond motifs is 1. The standard InChI is InChI=1S/C18H12FN7O4/c19-9-1-3-10(4-2-9)21-18-23-14(22-17(20)24-18)8-25-15(27)12-6-5-11(26(29)30)7-13(12)16(25)28/h1-7H,8H2,(H3,20,21,22,23,24). The van der Waals surface area contributed by atoms with Gasteiger partial charge >= 0.3 is 0 Å². The minimum absolute atomic E-state index is 0.0242. The molecule has 1 aliphatic heterocycles. The lowest BCUT2D eigenvalue weighted by Crippen LogP contribution is -2.30. The molecule has 12 heteroatoms. The third-order valence-corrected chi connectivity index (χ3v) is 4.26. The lowest BCUT2D eigenvalue weighted by molar-refractivity contribution is -0.384. The van der Waals surface area contributed by atoms with Crippen molar-refractivity contribution < 1.29 is 18.9 Å². The summed E-state index contributed by atoms with van der Waals surface area (Å²) in [6, 6.07) is 8.85. The summed E-state index contributed by atoms with van der Waals surface area (Å²) < 4.78 is 13.0. The summed E-state index contributed by atoms with van der Waals surface area (Å²) in [5, 5.41) is 13.8. The van der Waals surface area contributed by atoms with Gasteiger partial charge in [-0.2, -0.15) is 15.0 Å². The summed E-state index contributed by atoms with van der Waals surface area (Å²) in [7, 11) is 0. The van der Waals surface area contributed by atoms with Gasteiger partial charge in [-0.1, -0.05) is 0 Å². The van der Waals surface area contributed by atoms with Gasteiger partial charge in [-0.25, -0.2) is 4.39 Å². The van der Waals surface area contributed by atoms with E-state index in [1.807, 2.05) is 0 Å². The number of hydrogen-bond donors (Lipinski definition) is 2. The maximum absolute atomic E-state index is 13.0. The van der Waals surface area contributed by atoms with Crippen molar-refractivity contribution in [1.29, 1.82) is 0 Å². The van der Waals surface area contributed by atoms with Gasteiger partial charge in [0, 0.05) is 17.8 Å². The van der Waals surface area contributed by atoms with Gasteiger partial charge in [0.1, 0.15) is 5.82 Å². The third kappa shape index (κ3) is 3.48. The number of halogens is 1. The number of carbonyl (C=O) groups is 2. The Morgan fingerprint density at radius 2 is 1.73 bits per heavy atom. The number of nitrogen functional groups attached to an aromatic ring is 1. The number of hydrogen-bond acceptors (Lipinski definition) is 9. The summed E-state index contributed by atoms with van der Waals surface area (Å²) in [5.41, 5.74) is 5.86. The number of amides is 2. The number of aromatic nitrogens is 3. The molecule has 150 valence electrons. The summed E-state index contributed by atoms with van der Waals surface area (Å²) in [6.45, 7) is -0.315. The molecule has 30 heavy (non-hydrogen) atoms. The van der Waals surface area contributed by atoms with Crippen molar-refractivity contribution in [3.05, 3.63) is 75.3 Å². The highest BCUT2D eigenvalue weighted by molar-refractivity contribution is 6.21. The number of nitrogens with two attached hydrogens (primary N) is 1. The molecular weight excluding hydrogens is 397 g/mol. The maximum atomic E-state index is 13.0. The van der Waals surface area contributed by atoms with Gasteiger partial charge in [0.2, 0.25) is 11.9 Å². The zero-order valence-electron chi connectivity index (χ0n) is 15.1. The van der Waals surface area contributed by atoms with Gasteiger partial charge in [-0.3, -0.25) is 24.6 Å². The third-order valence-electron chi connectivity index (χ3n) is 4.26. The number of nitrogens with zero attached hydrogens (tertiary/aromatic N) is 5. The Morgan fingerprint density at radius 3 is 2.43 bits per heavy atom. The molecule has 1 aromatic heterocycles. The van der Waals surface area contributed by atoms with Crippen molar-refractivity contribution >= 4 is 35.1 Å². The molecule has 11 nitrogen and oxygen atoms in total. The second kappa shape index (κ2) is 7.16. The van der Waals surface area contributed by atoms with Crippen LogP contribution < -0.4 is 11.1 Å². The molecule has 0 spiro atoms. The number of rotatable bonds is 5. The zero-order chi connectivity index (χ0) is 21.4. The molecule has 4 rings (SSSR count). The van der Waals surface area contributed by atoms with Crippen LogP contribution in [0.1, 0.15) is 26.5 Å². The Bertz CT molecular complexity index is 1200. The topological polar surface area (TPSA) is 157 Å². The minimum Gasteiger partial charge on any atom is -0.368 e. The summed E-state index contributed by atoms with van der Waals surface area (Å²) in [4.78, 5) is 48.3. The van der Waals surface area contributed by atoms with E-state index in [4.69, 9.17) is 5.73 Å². The lowest BCUT2D eigenvalue weighted by atomic mass is 10.1. The van der Waals surface area contributed by atoms with Crippen LogP contribution in [0.2, 0.25) is 0 Å². The molecule has 3 N–H and O–H groups in total. The predicted molar refractivity (Wildman–Crippen MR) is 101 cm³/mol. The van der Waals surface area contributed by atoms with Crippen LogP contribution in [0.4, 0.5) is 27.7 Å². The van der Waals surface area contributed by atoms with Crippen molar-refractivity contribution in [2.75, 3.05) is 11.1 Å².